The smallest absolute Gasteiger partial charge is 0.303 e. The molecule has 1 heterocycles. The minimum absolute atomic E-state index is 0.0139. The molecule has 92 valence electrons. The van der Waals surface area contributed by atoms with Crippen molar-refractivity contribution >= 4 is 24.1 Å². The van der Waals surface area contributed by atoms with Crippen LogP contribution in [0.25, 0.3) is 0 Å². The molecular formula is C10H18N2O3S. The van der Waals surface area contributed by atoms with Crippen molar-refractivity contribution in [2.24, 2.45) is 5.73 Å². The van der Waals surface area contributed by atoms with E-state index in [-0.39, 0.29) is 18.5 Å². The SMILES string of the molecule is N[C@H]1[C@@H](NC=O)CS[C@H]1CCCCC(=O)O. The van der Waals surface area contributed by atoms with Crippen molar-refractivity contribution in [3.63, 3.8) is 0 Å². The van der Waals surface area contributed by atoms with Crippen molar-refractivity contribution in [2.45, 2.75) is 43.0 Å². The lowest BCUT2D eigenvalue weighted by Crippen LogP contribution is -2.46. The molecule has 16 heavy (non-hydrogen) atoms. The highest BCUT2D eigenvalue weighted by molar-refractivity contribution is 8.00. The van der Waals surface area contributed by atoms with Crippen LogP contribution in [-0.2, 0) is 9.59 Å². The van der Waals surface area contributed by atoms with Crippen LogP contribution in [0.15, 0.2) is 0 Å². The van der Waals surface area contributed by atoms with Gasteiger partial charge in [0, 0.05) is 23.5 Å². The molecule has 3 atom stereocenters. The molecule has 0 bridgehead atoms. The van der Waals surface area contributed by atoms with Gasteiger partial charge >= 0.3 is 5.97 Å². The number of thioether (sulfide) groups is 1. The minimum Gasteiger partial charge on any atom is -0.481 e. The first-order chi connectivity index (χ1) is 7.65. The first kappa shape index (κ1) is 13.3. The largest absolute Gasteiger partial charge is 0.481 e. The van der Waals surface area contributed by atoms with Gasteiger partial charge in [-0.2, -0.15) is 11.8 Å². The van der Waals surface area contributed by atoms with E-state index in [0.29, 0.717) is 18.1 Å². The van der Waals surface area contributed by atoms with E-state index in [9.17, 15) is 9.59 Å². The van der Waals surface area contributed by atoms with Gasteiger partial charge in [0.15, 0.2) is 0 Å². The molecule has 0 spiro atoms. The number of carbonyl (C=O) groups excluding carboxylic acids is 1. The number of unbranched alkanes of at least 4 members (excludes halogenated alkanes) is 1. The first-order valence-corrected chi connectivity index (χ1v) is 6.48. The number of nitrogens with one attached hydrogen (secondary N) is 1. The number of amides is 1. The molecule has 1 aliphatic heterocycles. The molecule has 6 heteroatoms. The molecule has 0 aliphatic carbocycles. The second kappa shape index (κ2) is 6.75. The molecule has 5 nitrogen and oxygen atoms in total. The summed E-state index contributed by atoms with van der Waals surface area (Å²) in [4.78, 5) is 20.6. The summed E-state index contributed by atoms with van der Waals surface area (Å²) in [5.41, 5.74) is 5.99. The third-order valence-corrected chi connectivity index (χ3v) is 4.32. The molecule has 1 fully saturated rings. The Morgan fingerprint density at radius 2 is 2.31 bits per heavy atom. The Balaban J connectivity index is 2.18. The molecule has 0 aromatic carbocycles. The second-order valence-corrected chi connectivity index (χ2v) is 5.25. The Morgan fingerprint density at radius 1 is 1.56 bits per heavy atom. The fourth-order valence-corrected chi connectivity index (χ4v) is 3.37. The van der Waals surface area contributed by atoms with E-state index in [1.807, 2.05) is 0 Å². The van der Waals surface area contributed by atoms with Gasteiger partial charge in [-0.05, 0) is 12.8 Å². The van der Waals surface area contributed by atoms with Crippen molar-refractivity contribution in [3.8, 4) is 0 Å². The van der Waals surface area contributed by atoms with Crippen LogP contribution < -0.4 is 11.1 Å². The van der Waals surface area contributed by atoms with Crippen molar-refractivity contribution in [2.75, 3.05) is 5.75 Å². The second-order valence-electron chi connectivity index (χ2n) is 3.98. The molecule has 4 N–H and O–H groups in total. The Kier molecular flexibility index (Phi) is 5.62. The van der Waals surface area contributed by atoms with E-state index in [1.165, 1.54) is 0 Å². The van der Waals surface area contributed by atoms with Crippen LogP contribution in [0.2, 0.25) is 0 Å². The number of hydrogen-bond donors (Lipinski definition) is 3. The zero-order chi connectivity index (χ0) is 12.0. The van der Waals surface area contributed by atoms with Crippen LogP contribution in [0.5, 0.6) is 0 Å². The van der Waals surface area contributed by atoms with Gasteiger partial charge < -0.3 is 16.2 Å². The van der Waals surface area contributed by atoms with Crippen molar-refractivity contribution < 1.29 is 14.7 Å². The van der Waals surface area contributed by atoms with Crippen LogP contribution in [0.3, 0.4) is 0 Å². The molecular weight excluding hydrogens is 228 g/mol. The maximum absolute atomic E-state index is 10.3. The van der Waals surface area contributed by atoms with Gasteiger partial charge in [0.25, 0.3) is 0 Å². The third-order valence-electron chi connectivity index (χ3n) is 2.80. The highest BCUT2D eigenvalue weighted by Gasteiger charge is 2.33. The van der Waals surface area contributed by atoms with Gasteiger partial charge in [0.2, 0.25) is 6.41 Å². The molecule has 1 rings (SSSR count). The van der Waals surface area contributed by atoms with Crippen LogP contribution in [-0.4, -0.2) is 40.6 Å². The predicted octanol–water partition coefficient (Wildman–Crippen LogP) is 0.189. The number of rotatable bonds is 7. The van der Waals surface area contributed by atoms with Gasteiger partial charge in [-0.15, -0.1) is 0 Å². The van der Waals surface area contributed by atoms with E-state index in [0.717, 1.165) is 18.6 Å². The van der Waals surface area contributed by atoms with Crippen LogP contribution in [0, 0.1) is 0 Å². The number of carbonyl (C=O) groups is 2. The minimum atomic E-state index is -0.746. The molecule has 0 radical (unpaired) electrons. The number of carboxylic acids is 1. The standard InChI is InChI=1S/C10H18N2O3S/c11-10-7(12-6-13)5-16-8(10)3-1-2-4-9(14)15/h6-8,10H,1-5,11H2,(H,12,13)(H,14,15)/t7-,8-,10-/m0/s1. The van der Waals surface area contributed by atoms with Crippen molar-refractivity contribution in [1.82, 2.24) is 5.32 Å². The average Bonchev–Trinajstić information content (AvgIpc) is 2.57. The summed E-state index contributed by atoms with van der Waals surface area (Å²) >= 11 is 1.76. The average molecular weight is 246 g/mol. The van der Waals surface area contributed by atoms with E-state index in [1.54, 1.807) is 11.8 Å². The molecule has 1 saturated heterocycles. The van der Waals surface area contributed by atoms with Gasteiger partial charge in [-0.3, -0.25) is 9.59 Å². The highest BCUT2D eigenvalue weighted by atomic mass is 32.2. The topological polar surface area (TPSA) is 92.4 Å². The lowest BCUT2D eigenvalue weighted by Gasteiger charge is -2.18. The Hall–Kier alpha value is -0.750. The van der Waals surface area contributed by atoms with Crippen molar-refractivity contribution in [1.29, 1.82) is 0 Å². The van der Waals surface area contributed by atoms with Crippen LogP contribution in [0.1, 0.15) is 25.7 Å². The first-order valence-electron chi connectivity index (χ1n) is 5.44. The number of nitrogens with two attached hydrogens (primary N) is 1. The fourth-order valence-electron chi connectivity index (χ4n) is 1.85. The van der Waals surface area contributed by atoms with Gasteiger partial charge in [-0.1, -0.05) is 6.42 Å². The maximum Gasteiger partial charge on any atom is 0.303 e. The lowest BCUT2D eigenvalue weighted by atomic mass is 10.0. The molecule has 0 unspecified atom stereocenters. The van der Waals surface area contributed by atoms with Crippen LogP contribution in [0.4, 0.5) is 0 Å². The maximum atomic E-state index is 10.3. The molecule has 1 amide bonds. The van der Waals surface area contributed by atoms with Gasteiger partial charge in [0.05, 0.1) is 6.04 Å². The van der Waals surface area contributed by atoms with Gasteiger partial charge in [-0.25, -0.2) is 0 Å². The normalized spacial score (nSPS) is 28.9. The highest BCUT2D eigenvalue weighted by Crippen LogP contribution is 2.29. The monoisotopic (exact) mass is 246 g/mol. The number of hydrogen-bond acceptors (Lipinski definition) is 4. The Bertz CT molecular complexity index is 250. The fraction of sp³-hybridized carbons (Fsp3) is 0.800. The molecule has 0 saturated carbocycles. The lowest BCUT2D eigenvalue weighted by molar-refractivity contribution is -0.137. The zero-order valence-corrected chi connectivity index (χ0v) is 9.91. The van der Waals surface area contributed by atoms with E-state index < -0.39 is 5.97 Å². The molecule has 0 aromatic heterocycles. The van der Waals surface area contributed by atoms with Crippen LogP contribution >= 0.6 is 11.8 Å². The van der Waals surface area contributed by atoms with Crippen molar-refractivity contribution in [3.05, 3.63) is 0 Å². The summed E-state index contributed by atoms with van der Waals surface area (Å²) in [6, 6.07) is 0.0481. The summed E-state index contributed by atoms with van der Waals surface area (Å²) < 4.78 is 0. The summed E-state index contributed by atoms with van der Waals surface area (Å²) in [6.45, 7) is 0. The summed E-state index contributed by atoms with van der Waals surface area (Å²) in [5, 5.41) is 11.5. The predicted molar refractivity (Wildman–Crippen MR) is 63.3 cm³/mol. The zero-order valence-electron chi connectivity index (χ0n) is 9.09. The van der Waals surface area contributed by atoms with E-state index in [4.69, 9.17) is 10.8 Å². The molecule has 1 aliphatic rings. The Labute approximate surface area is 99.1 Å². The summed E-state index contributed by atoms with van der Waals surface area (Å²) in [7, 11) is 0. The quantitative estimate of drug-likeness (QED) is 0.440. The summed E-state index contributed by atoms with van der Waals surface area (Å²) in [6.07, 6.45) is 3.42. The number of carboxylic acid groups (broad SMARTS) is 1. The number of aliphatic carboxylic acids is 1. The molecule has 0 aromatic rings. The third kappa shape index (κ3) is 4.02. The van der Waals surface area contributed by atoms with Gasteiger partial charge in [0.1, 0.15) is 0 Å². The summed E-state index contributed by atoms with van der Waals surface area (Å²) in [5.74, 6) is 0.104. The Morgan fingerprint density at radius 3 is 2.94 bits per heavy atom. The van der Waals surface area contributed by atoms with E-state index >= 15 is 0 Å². The van der Waals surface area contributed by atoms with E-state index in [2.05, 4.69) is 5.32 Å².